The molecule has 3 N–H and O–H groups in total. The fourth-order valence-corrected chi connectivity index (χ4v) is 2.22. The summed E-state index contributed by atoms with van der Waals surface area (Å²) in [5, 5.41) is 2.33. The van der Waals surface area contributed by atoms with Gasteiger partial charge in [0.1, 0.15) is 0 Å². The summed E-state index contributed by atoms with van der Waals surface area (Å²) in [6.45, 7) is -0.293. The second-order valence-corrected chi connectivity index (χ2v) is 4.50. The molecule has 1 aliphatic rings. The highest BCUT2D eigenvalue weighted by Gasteiger charge is 2.61. The van der Waals surface area contributed by atoms with Gasteiger partial charge < -0.3 is 10.5 Å². The van der Waals surface area contributed by atoms with Crippen molar-refractivity contribution in [2.24, 2.45) is 5.73 Å². The Kier molecular flexibility index (Phi) is 3.36. The molecule has 0 radical (unpaired) electrons. The molecule has 4 nitrogen and oxygen atoms in total. The first-order valence-electron chi connectivity index (χ1n) is 5.37. The van der Waals surface area contributed by atoms with Gasteiger partial charge in [-0.2, -0.15) is 13.2 Å². The number of rotatable bonds is 2. The summed E-state index contributed by atoms with van der Waals surface area (Å²) in [5.41, 5.74) is 2.26. The Hall–Kier alpha value is -1.47. The topological polar surface area (TPSA) is 64.3 Å². The lowest BCUT2D eigenvalue weighted by Gasteiger charge is -2.39. The predicted octanol–water partition coefficient (Wildman–Crippen LogP) is 3.01. The van der Waals surface area contributed by atoms with E-state index in [1.165, 1.54) is 12.1 Å². The lowest BCUT2D eigenvalue weighted by atomic mass is 9.87. The Bertz CT molecular complexity index is 521. The Labute approximate surface area is 111 Å². The van der Waals surface area contributed by atoms with E-state index in [0.717, 1.165) is 6.07 Å². The first kappa shape index (κ1) is 14.0. The van der Waals surface area contributed by atoms with Gasteiger partial charge in [-0.25, -0.2) is 4.79 Å². The molecule has 0 spiro atoms. The number of benzene rings is 1. The van der Waals surface area contributed by atoms with Gasteiger partial charge in [-0.1, -0.05) is 11.6 Å². The molecule has 19 heavy (non-hydrogen) atoms. The minimum atomic E-state index is -4.79. The lowest BCUT2D eigenvalue weighted by Crippen LogP contribution is -2.51. The van der Waals surface area contributed by atoms with E-state index in [1.54, 1.807) is 0 Å². The van der Waals surface area contributed by atoms with E-state index in [1.807, 2.05) is 0 Å². The van der Waals surface area contributed by atoms with Crippen molar-refractivity contribution in [1.29, 1.82) is 0 Å². The van der Waals surface area contributed by atoms with Gasteiger partial charge in [-0.05, 0) is 24.7 Å². The van der Waals surface area contributed by atoms with Gasteiger partial charge in [-0.3, -0.25) is 5.32 Å². The second-order valence-electron chi connectivity index (χ2n) is 4.07. The minimum absolute atomic E-state index is 0.0198. The van der Waals surface area contributed by atoms with Crippen LogP contribution in [0.5, 0.6) is 0 Å². The molecule has 0 saturated heterocycles. The van der Waals surface area contributed by atoms with Crippen molar-refractivity contribution in [3.05, 3.63) is 28.8 Å². The molecule has 1 amide bonds. The third-order valence-corrected chi connectivity index (χ3v) is 3.11. The third kappa shape index (κ3) is 2.23. The Morgan fingerprint density at radius 2 is 2.11 bits per heavy atom. The van der Waals surface area contributed by atoms with Crippen LogP contribution in [0.25, 0.3) is 0 Å². The summed E-state index contributed by atoms with van der Waals surface area (Å²) in [4.78, 5) is 11.3. The fourth-order valence-electron chi connectivity index (χ4n) is 2.05. The van der Waals surface area contributed by atoms with Crippen molar-refractivity contribution < 1.29 is 22.7 Å². The van der Waals surface area contributed by atoms with Crippen molar-refractivity contribution in [1.82, 2.24) is 0 Å². The average molecular weight is 295 g/mol. The second kappa shape index (κ2) is 4.57. The molecule has 104 valence electrons. The van der Waals surface area contributed by atoms with Crippen LogP contribution in [0.4, 0.5) is 23.7 Å². The number of nitrogens with one attached hydrogen (secondary N) is 1. The summed E-state index contributed by atoms with van der Waals surface area (Å²) in [5.74, 6) is 0. The molecule has 0 saturated carbocycles. The zero-order chi connectivity index (χ0) is 14.3. The number of ether oxygens (including phenoxy) is 1. The predicted molar refractivity (Wildman–Crippen MR) is 63.0 cm³/mol. The van der Waals surface area contributed by atoms with E-state index >= 15 is 0 Å². The molecule has 0 aliphatic carbocycles. The first-order valence-corrected chi connectivity index (χ1v) is 5.75. The summed E-state index contributed by atoms with van der Waals surface area (Å²) in [6, 6.07) is 3.81. The molecule has 1 aromatic carbocycles. The van der Waals surface area contributed by atoms with Gasteiger partial charge in [0.2, 0.25) is 5.60 Å². The number of fused-ring (bicyclic) bond motifs is 1. The summed E-state index contributed by atoms with van der Waals surface area (Å²) < 4.78 is 44.6. The van der Waals surface area contributed by atoms with Gasteiger partial charge in [0.05, 0.1) is 5.69 Å². The van der Waals surface area contributed by atoms with Gasteiger partial charge in [0.15, 0.2) is 0 Å². The Morgan fingerprint density at radius 1 is 1.42 bits per heavy atom. The molecule has 2 rings (SSSR count). The molecule has 1 atom stereocenters. The van der Waals surface area contributed by atoms with Gasteiger partial charge >= 0.3 is 12.3 Å². The van der Waals surface area contributed by atoms with Gasteiger partial charge in [0.25, 0.3) is 0 Å². The zero-order valence-corrected chi connectivity index (χ0v) is 10.3. The highest BCUT2D eigenvalue weighted by molar-refractivity contribution is 6.30. The van der Waals surface area contributed by atoms with Gasteiger partial charge in [-0.15, -0.1) is 0 Å². The van der Waals surface area contributed by atoms with Crippen molar-refractivity contribution in [3.8, 4) is 0 Å². The van der Waals surface area contributed by atoms with Crippen LogP contribution in [-0.4, -0.2) is 18.8 Å². The standard InChI is InChI=1S/C11H10ClF3N2O2/c12-6-1-2-8-7(5-6)10(3-4-16,11(13,14)15)19-9(18)17-8/h1-2,5H,3-4,16H2,(H,17,18). The maximum Gasteiger partial charge on any atom is 0.432 e. The third-order valence-electron chi connectivity index (χ3n) is 2.87. The Balaban J connectivity index is 2.67. The van der Waals surface area contributed by atoms with Crippen LogP contribution in [-0.2, 0) is 10.3 Å². The molecule has 0 aromatic heterocycles. The number of carbonyl (C=O) groups excluding carboxylic acids is 1. The van der Waals surface area contributed by atoms with Gasteiger partial charge in [0, 0.05) is 17.0 Å². The maximum absolute atomic E-state index is 13.4. The molecular weight excluding hydrogens is 285 g/mol. The summed E-state index contributed by atoms with van der Waals surface area (Å²) >= 11 is 5.72. The van der Waals surface area contributed by atoms with E-state index in [9.17, 15) is 18.0 Å². The van der Waals surface area contributed by atoms with E-state index in [0.29, 0.717) is 0 Å². The molecule has 8 heteroatoms. The first-order chi connectivity index (χ1) is 8.80. The van der Waals surface area contributed by atoms with Crippen molar-refractivity contribution in [2.75, 3.05) is 11.9 Å². The molecule has 0 fully saturated rings. The minimum Gasteiger partial charge on any atom is -0.428 e. The largest absolute Gasteiger partial charge is 0.432 e. The van der Waals surface area contributed by atoms with Crippen LogP contribution < -0.4 is 11.1 Å². The van der Waals surface area contributed by atoms with Crippen LogP contribution >= 0.6 is 11.6 Å². The Morgan fingerprint density at radius 3 is 2.68 bits per heavy atom. The number of hydrogen-bond donors (Lipinski definition) is 2. The van der Waals surface area contributed by atoms with Crippen molar-refractivity contribution in [2.45, 2.75) is 18.2 Å². The molecule has 1 aliphatic heterocycles. The van der Waals surface area contributed by atoms with Crippen LogP contribution in [0, 0.1) is 0 Å². The number of anilines is 1. The smallest absolute Gasteiger partial charge is 0.428 e. The maximum atomic E-state index is 13.4. The molecular formula is C11H10ClF3N2O2. The molecule has 1 unspecified atom stereocenters. The summed E-state index contributed by atoms with van der Waals surface area (Å²) in [7, 11) is 0. The monoisotopic (exact) mass is 294 g/mol. The highest BCUT2D eigenvalue weighted by Crippen LogP contribution is 2.49. The van der Waals surface area contributed by atoms with Crippen LogP contribution in [0.3, 0.4) is 0 Å². The SMILES string of the molecule is NCCC1(C(F)(F)F)OC(=O)Nc2ccc(Cl)cc21. The quantitative estimate of drug-likeness (QED) is 0.881. The highest BCUT2D eigenvalue weighted by atomic mass is 35.5. The lowest BCUT2D eigenvalue weighted by molar-refractivity contribution is -0.266. The molecule has 1 heterocycles. The van der Waals surface area contributed by atoms with E-state index < -0.39 is 24.3 Å². The zero-order valence-electron chi connectivity index (χ0n) is 9.55. The number of halogens is 4. The molecule has 1 aromatic rings. The van der Waals surface area contributed by atoms with Crippen LogP contribution in [0.2, 0.25) is 5.02 Å². The van der Waals surface area contributed by atoms with Crippen LogP contribution in [0.15, 0.2) is 18.2 Å². The number of alkyl halides is 3. The van der Waals surface area contributed by atoms with E-state index in [4.69, 9.17) is 17.3 Å². The van der Waals surface area contributed by atoms with Crippen molar-refractivity contribution >= 4 is 23.4 Å². The van der Waals surface area contributed by atoms with E-state index in [2.05, 4.69) is 10.1 Å². The normalized spacial score (nSPS) is 22.5. The fraction of sp³-hybridized carbons (Fsp3) is 0.364. The van der Waals surface area contributed by atoms with Crippen molar-refractivity contribution in [3.63, 3.8) is 0 Å². The summed E-state index contributed by atoms with van der Waals surface area (Å²) in [6.07, 6.45) is -6.53. The average Bonchev–Trinajstić information content (AvgIpc) is 2.28. The number of nitrogens with two attached hydrogens (primary N) is 1. The van der Waals surface area contributed by atoms with Crippen LogP contribution in [0.1, 0.15) is 12.0 Å². The number of carbonyl (C=O) groups is 1. The number of hydrogen-bond acceptors (Lipinski definition) is 3. The molecule has 0 bridgehead atoms. The number of amides is 1. The van der Waals surface area contributed by atoms with E-state index in [-0.39, 0.29) is 22.8 Å². The number of cyclic esters (lactones) is 1.